The molecule has 3 nitrogen and oxygen atoms in total. The molecule has 0 saturated carbocycles. The van der Waals surface area contributed by atoms with E-state index in [2.05, 4.69) is 31.1 Å². The molecule has 1 heterocycles. The van der Waals surface area contributed by atoms with E-state index >= 15 is 0 Å². The molecule has 84 valence electrons. The van der Waals surface area contributed by atoms with Crippen LogP contribution in [-0.2, 0) is 0 Å². The normalized spacial score (nSPS) is 14.7. The smallest absolute Gasteiger partial charge is 0.126 e. The molecule has 1 rings (SSSR count). The van der Waals surface area contributed by atoms with Gasteiger partial charge in [0.2, 0.25) is 0 Å². The molecular formula is C12H21N3. The van der Waals surface area contributed by atoms with E-state index in [0.29, 0.717) is 12.0 Å². The Kier molecular flexibility index (Phi) is 3.95. The molecule has 3 N–H and O–H groups in total. The second-order valence-corrected chi connectivity index (χ2v) is 4.24. The predicted molar refractivity (Wildman–Crippen MR) is 65.9 cm³/mol. The van der Waals surface area contributed by atoms with E-state index in [9.17, 15) is 0 Å². The summed E-state index contributed by atoms with van der Waals surface area (Å²) in [7, 11) is 0. The largest absolute Gasteiger partial charge is 0.397 e. The van der Waals surface area contributed by atoms with Crippen LogP contribution < -0.4 is 11.1 Å². The third-order valence-corrected chi connectivity index (χ3v) is 3.02. The SMILES string of the molecule is CCC(C)C(C)Nc1cc(C)c(N)cn1. The summed E-state index contributed by atoms with van der Waals surface area (Å²) in [5.41, 5.74) is 7.54. The van der Waals surface area contributed by atoms with E-state index < -0.39 is 0 Å². The monoisotopic (exact) mass is 207 g/mol. The van der Waals surface area contributed by atoms with Crippen LogP contribution >= 0.6 is 0 Å². The number of anilines is 2. The van der Waals surface area contributed by atoms with Gasteiger partial charge in [0.05, 0.1) is 11.9 Å². The number of nitrogens with two attached hydrogens (primary N) is 1. The Hall–Kier alpha value is -1.25. The lowest BCUT2D eigenvalue weighted by Gasteiger charge is -2.20. The first-order valence-corrected chi connectivity index (χ1v) is 5.53. The summed E-state index contributed by atoms with van der Waals surface area (Å²) < 4.78 is 0. The first-order chi connectivity index (χ1) is 7.04. The van der Waals surface area contributed by atoms with Gasteiger partial charge in [0.1, 0.15) is 5.82 Å². The first kappa shape index (κ1) is 11.8. The van der Waals surface area contributed by atoms with Crippen LogP contribution in [0.1, 0.15) is 32.8 Å². The highest BCUT2D eigenvalue weighted by molar-refractivity contribution is 5.51. The van der Waals surface area contributed by atoms with Crippen molar-refractivity contribution < 1.29 is 0 Å². The number of pyridine rings is 1. The van der Waals surface area contributed by atoms with Gasteiger partial charge in [0, 0.05) is 6.04 Å². The Labute approximate surface area is 92.1 Å². The summed E-state index contributed by atoms with van der Waals surface area (Å²) in [4.78, 5) is 4.26. The van der Waals surface area contributed by atoms with Crippen LogP contribution in [0.5, 0.6) is 0 Å². The fourth-order valence-corrected chi connectivity index (χ4v) is 1.37. The van der Waals surface area contributed by atoms with Gasteiger partial charge in [-0.1, -0.05) is 20.3 Å². The fraction of sp³-hybridized carbons (Fsp3) is 0.583. The fourth-order valence-electron chi connectivity index (χ4n) is 1.37. The molecule has 1 aromatic heterocycles. The van der Waals surface area contributed by atoms with Gasteiger partial charge >= 0.3 is 0 Å². The third kappa shape index (κ3) is 3.11. The van der Waals surface area contributed by atoms with Crippen molar-refractivity contribution in [2.45, 2.75) is 40.2 Å². The van der Waals surface area contributed by atoms with Crippen LogP contribution in [0.25, 0.3) is 0 Å². The molecule has 2 atom stereocenters. The maximum Gasteiger partial charge on any atom is 0.126 e. The van der Waals surface area contributed by atoms with Crippen molar-refractivity contribution in [3.05, 3.63) is 17.8 Å². The van der Waals surface area contributed by atoms with Gasteiger partial charge in [-0.2, -0.15) is 0 Å². The van der Waals surface area contributed by atoms with Crippen LogP contribution in [0.15, 0.2) is 12.3 Å². The summed E-state index contributed by atoms with van der Waals surface area (Å²) >= 11 is 0. The van der Waals surface area contributed by atoms with E-state index in [0.717, 1.165) is 17.1 Å². The molecular weight excluding hydrogens is 186 g/mol. The number of rotatable bonds is 4. The lowest BCUT2D eigenvalue weighted by Crippen LogP contribution is -2.23. The van der Waals surface area contributed by atoms with Crippen LogP contribution in [0, 0.1) is 12.8 Å². The summed E-state index contributed by atoms with van der Waals surface area (Å²) in [5.74, 6) is 1.55. The molecule has 0 radical (unpaired) electrons. The van der Waals surface area contributed by atoms with Crippen molar-refractivity contribution in [2.75, 3.05) is 11.1 Å². The number of hydrogen-bond acceptors (Lipinski definition) is 3. The average Bonchev–Trinajstić information content (AvgIpc) is 2.22. The van der Waals surface area contributed by atoms with Crippen molar-refractivity contribution in [2.24, 2.45) is 5.92 Å². The number of aromatic nitrogens is 1. The van der Waals surface area contributed by atoms with E-state index in [1.54, 1.807) is 6.20 Å². The first-order valence-electron chi connectivity index (χ1n) is 5.53. The van der Waals surface area contributed by atoms with E-state index in [1.807, 2.05) is 13.0 Å². The highest BCUT2D eigenvalue weighted by Crippen LogP contribution is 2.16. The maximum absolute atomic E-state index is 5.72. The molecule has 0 amide bonds. The number of hydrogen-bond donors (Lipinski definition) is 2. The highest BCUT2D eigenvalue weighted by atomic mass is 15.0. The lowest BCUT2D eigenvalue weighted by atomic mass is 10.0. The van der Waals surface area contributed by atoms with E-state index in [1.165, 1.54) is 6.42 Å². The second kappa shape index (κ2) is 5.01. The lowest BCUT2D eigenvalue weighted by molar-refractivity contribution is 0.493. The maximum atomic E-state index is 5.72. The van der Waals surface area contributed by atoms with E-state index in [4.69, 9.17) is 5.73 Å². The Morgan fingerprint density at radius 1 is 1.47 bits per heavy atom. The van der Waals surface area contributed by atoms with Crippen LogP contribution in [-0.4, -0.2) is 11.0 Å². The molecule has 1 aromatic rings. The quantitative estimate of drug-likeness (QED) is 0.798. The molecule has 0 aliphatic carbocycles. The van der Waals surface area contributed by atoms with Crippen LogP contribution in [0.4, 0.5) is 11.5 Å². The zero-order valence-corrected chi connectivity index (χ0v) is 10.0. The van der Waals surface area contributed by atoms with Gasteiger partial charge in [0.15, 0.2) is 0 Å². The molecule has 0 aliphatic heterocycles. The number of nitrogen functional groups attached to an aromatic ring is 1. The Balaban J connectivity index is 2.68. The van der Waals surface area contributed by atoms with Gasteiger partial charge in [-0.3, -0.25) is 0 Å². The van der Waals surface area contributed by atoms with Crippen molar-refractivity contribution >= 4 is 11.5 Å². The molecule has 15 heavy (non-hydrogen) atoms. The summed E-state index contributed by atoms with van der Waals surface area (Å²) in [5, 5.41) is 3.39. The van der Waals surface area contributed by atoms with Gasteiger partial charge in [-0.05, 0) is 31.4 Å². The molecule has 0 spiro atoms. The average molecular weight is 207 g/mol. The minimum Gasteiger partial charge on any atom is -0.397 e. The number of nitrogens with zero attached hydrogens (tertiary/aromatic N) is 1. The van der Waals surface area contributed by atoms with Crippen molar-refractivity contribution in [1.29, 1.82) is 0 Å². The summed E-state index contributed by atoms with van der Waals surface area (Å²) in [6.07, 6.45) is 2.88. The number of aryl methyl sites for hydroxylation is 1. The molecule has 3 heteroatoms. The standard InChI is InChI=1S/C12H21N3/c1-5-8(2)10(4)15-12-6-9(3)11(13)7-14-12/h6-8,10H,5,13H2,1-4H3,(H,14,15). The zero-order valence-electron chi connectivity index (χ0n) is 10.0. The van der Waals surface area contributed by atoms with Gasteiger partial charge in [0.25, 0.3) is 0 Å². The second-order valence-electron chi connectivity index (χ2n) is 4.24. The van der Waals surface area contributed by atoms with Gasteiger partial charge in [-0.15, -0.1) is 0 Å². The Bertz CT molecular complexity index is 323. The van der Waals surface area contributed by atoms with Crippen molar-refractivity contribution in [3.63, 3.8) is 0 Å². The summed E-state index contributed by atoms with van der Waals surface area (Å²) in [6, 6.07) is 2.43. The minimum absolute atomic E-state index is 0.436. The highest BCUT2D eigenvalue weighted by Gasteiger charge is 2.10. The Morgan fingerprint density at radius 3 is 2.67 bits per heavy atom. The summed E-state index contributed by atoms with van der Waals surface area (Å²) in [6.45, 7) is 8.62. The van der Waals surface area contributed by atoms with Gasteiger partial charge < -0.3 is 11.1 Å². The molecule has 0 saturated heterocycles. The topological polar surface area (TPSA) is 50.9 Å². The third-order valence-electron chi connectivity index (χ3n) is 3.02. The van der Waals surface area contributed by atoms with E-state index in [-0.39, 0.29) is 0 Å². The zero-order chi connectivity index (χ0) is 11.4. The van der Waals surface area contributed by atoms with Crippen molar-refractivity contribution in [3.8, 4) is 0 Å². The van der Waals surface area contributed by atoms with Crippen molar-refractivity contribution in [1.82, 2.24) is 4.98 Å². The number of nitrogens with one attached hydrogen (secondary N) is 1. The van der Waals surface area contributed by atoms with Crippen LogP contribution in [0.2, 0.25) is 0 Å². The molecule has 0 aliphatic rings. The molecule has 2 unspecified atom stereocenters. The van der Waals surface area contributed by atoms with Crippen LogP contribution in [0.3, 0.4) is 0 Å². The van der Waals surface area contributed by atoms with Gasteiger partial charge in [-0.25, -0.2) is 4.98 Å². The molecule has 0 bridgehead atoms. The Morgan fingerprint density at radius 2 is 2.13 bits per heavy atom. The molecule has 0 aromatic carbocycles. The molecule has 0 fully saturated rings. The predicted octanol–water partition coefficient (Wildman–Crippen LogP) is 2.82. The minimum atomic E-state index is 0.436.